The van der Waals surface area contributed by atoms with E-state index in [9.17, 15) is 8.42 Å². The molecular formula is C10H16O3S. The van der Waals surface area contributed by atoms with Crippen molar-refractivity contribution in [1.82, 2.24) is 0 Å². The second kappa shape index (κ2) is 5.78. The zero-order chi connectivity index (χ0) is 11.2. The number of hydrogen-bond donors (Lipinski definition) is 1. The summed E-state index contributed by atoms with van der Waals surface area (Å²) in [5, 5.41) is 0. The third-order valence-corrected chi connectivity index (χ3v) is 2.39. The highest BCUT2D eigenvalue weighted by Crippen LogP contribution is 2.12. The van der Waals surface area contributed by atoms with Gasteiger partial charge in [0.05, 0.1) is 4.90 Å². The van der Waals surface area contributed by atoms with E-state index in [1.54, 1.807) is 25.1 Å². The molecular weight excluding hydrogens is 200 g/mol. The standard InChI is InChI=1S/C7H8O3S.C3H8/c1-6-4-2-3-5-7(6)11(8,9)10;1-3-2/h2-5H,1H3,(H,8,9,10);3H2,1-2H3. The van der Waals surface area contributed by atoms with Crippen LogP contribution in [0.5, 0.6) is 0 Å². The molecule has 4 heteroatoms. The Balaban J connectivity index is 0.000000500. The van der Waals surface area contributed by atoms with Gasteiger partial charge in [0.2, 0.25) is 0 Å². The van der Waals surface area contributed by atoms with E-state index >= 15 is 0 Å². The molecule has 0 bridgehead atoms. The minimum atomic E-state index is -4.03. The molecule has 3 nitrogen and oxygen atoms in total. The van der Waals surface area contributed by atoms with Crippen LogP contribution in [0.2, 0.25) is 0 Å². The minimum Gasteiger partial charge on any atom is -0.282 e. The zero-order valence-corrected chi connectivity index (χ0v) is 9.50. The second-order valence-electron chi connectivity index (χ2n) is 2.95. The van der Waals surface area contributed by atoms with Crippen LogP contribution >= 0.6 is 0 Å². The molecule has 1 aromatic carbocycles. The van der Waals surface area contributed by atoms with Crippen molar-refractivity contribution in [2.75, 3.05) is 0 Å². The molecule has 1 aromatic rings. The largest absolute Gasteiger partial charge is 0.294 e. The van der Waals surface area contributed by atoms with Gasteiger partial charge < -0.3 is 0 Å². The Hall–Kier alpha value is -0.870. The Bertz CT molecular complexity index is 369. The van der Waals surface area contributed by atoms with Gasteiger partial charge in [-0.15, -0.1) is 0 Å². The summed E-state index contributed by atoms with van der Waals surface area (Å²) in [7, 11) is -4.03. The predicted molar refractivity (Wildman–Crippen MR) is 57.0 cm³/mol. The van der Waals surface area contributed by atoms with Gasteiger partial charge in [0, 0.05) is 0 Å². The van der Waals surface area contributed by atoms with Crippen molar-refractivity contribution < 1.29 is 13.0 Å². The van der Waals surface area contributed by atoms with Gasteiger partial charge in [-0.2, -0.15) is 8.42 Å². The maximum Gasteiger partial charge on any atom is 0.294 e. The van der Waals surface area contributed by atoms with Crippen LogP contribution in [0.3, 0.4) is 0 Å². The first kappa shape index (κ1) is 13.1. The molecule has 14 heavy (non-hydrogen) atoms. The average molecular weight is 216 g/mol. The maximum atomic E-state index is 10.6. The Morgan fingerprint density at radius 2 is 1.64 bits per heavy atom. The lowest BCUT2D eigenvalue weighted by molar-refractivity contribution is 0.482. The first-order valence-corrected chi connectivity index (χ1v) is 5.90. The topological polar surface area (TPSA) is 54.4 Å². The number of benzene rings is 1. The molecule has 0 fully saturated rings. The first-order chi connectivity index (χ1) is 6.43. The SMILES string of the molecule is CCC.Cc1ccccc1S(=O)(=O)O. The van der Waals surface area contributed by atoms with Gasteiger partial charge in [-0.1, -0.05) is 38.5 Å². The van der Waals surface area contributed by atoms with E-state index in [2.05, 4.69) is 13.8 Å². The average Bonchev–Trinajstić information content (AvgIpc) is 2.04. The van der Waals surface area contributed by atoms with Crippen LogP contribution in [0, 0.1) is 6.92 Å². The van der Waals surface area contributed by atoms with E-state index in [0.29, 0.717) is 5.56 Å². The van der Waals surface area contributed by atoms with Crippen LogP contribution in [0.1, 0.15) is 25.8 Å². The van der Waals surface area contributed by atoms with Gasteiger partial charge >= 0.3 is 0 Å². The molecule has 0 radical (unpaired) electrons. The predicted octanol–water partition coefficient (Wildman–Crippen LogP) is 2.66. The van der Waals surface area contributed by atoms with Crippen LogP contribution in [0.4, 0.5) is 0 Å². The molecule has 0 amide bonds. The highest BCUT2D eigenvalue weighted by molar-refractivity contribution is 7.85. The van der Waals surface area contributed by atoms with Crippen molar-refractivity contribution in [3.05, 3.63) is 29.8 Å². The Kier molecular flexibility index (Phi) is 5.42. The lowest BCUT2D eigenvalue weighted by Crippen LogP contribution is -1.99. The minimum absolute atomic E-state index is 0.0278. The zero-order valence-electron chi connectivity index (χ0n) is 8.69. The lowest BCUT2D eigenvalue weighted by Gasteiger charge is -1.99. The van der Waals surface area contributed by atoms with E-state index in [1.165, 1.54) is 12.5 Å². The summed E-state index contributed by atoms with van der Waals surface area (Å²) in [5.41, 5.74) is 0.551. The van der Waals surface area contributed by atoms with Crippen LogP contribution in [-0.2, 0) is 10.1 Å². The van der Waals surface area contributed by atoms with Crippen molar-refractivity contribution >= 4 is 10.1 Å². The molecule has 0 heterocycles. The van der Waals surface area contributed by atoms with Gasteiger partial charge in [-0.25, -0.2) is 0 Å². The molecule has 0 atom stereocenters. The van der Waals surface area contributed by atoms with Crippen LogP contribution in [-0.4, -0.2) is 13.0 Å². The van der Waals surface area contributed by atoms with Gasteiger partial charge in [-0.05, 0) is 18.6 Å². The third-order valence-electron chi connectivity index (χ3n) is 1.37. The highest BCUT2D eigenvalue weighted by Gasteiger charge is 2.10. The summed E-state index contributed by atoms with van der Waals surface area (Å²) < 4.78 is 29.9. The molecule has 0 aromatic heterocycles. The monoisotopic (exact) mass is 216 g/mol. The fourth-order valence-electron chi connectivity index (χ4n) is 0.846. The van der Waals surface area contributed by atoms with Crippen molar-refractivity contribution in [1.29, 1.82) is 0 Å². The van der Waals surface area contributed by atoms with Crippen LogP contribution in [0.25, 0.3) is 0 Å². The summed E-state index contributed by atoms with van der Waals surface area (Å²) in [6.07, 6.45) is 1.25. The van der Waals surface area contributed by atoms with E-state index in [-0.39, 0.29) is 4.90 Å². The first-order valence-electron chi connectivity index (χ1n) is 4.46. The maximum absolute atomic E-state index is 10.6. The summed E-state index contributed by atoms with van der Waals surface area (Å²) in [6.45, 7) is 5.88. The molecule has 1 N–H and O–H groups in total. The van der Waals surface area contributed by atoms with Gasteiger partial charge in [0.15, 0.2) is 0 Å². The van der Waals surface area contributed by atoms with Gasteiger partial charge in [0.1, 0.15) is 0 Å². The quantitative estimate of drug-likeness (QED) is 0.734. The second-order valence-corrected chi connectivity index (χ2v) is 4.34. The van der Waals surface area contributed by atoms with Crippen LogP contribution in [0.15, 0.2) is 29.2 Å². The normalized spacial score (nSPS) is 10.3. The smallest absolute Gasteiger partial charge is 0.282 e. The van der Waals surface area contributed by atoms with E-state index in [0.717, 1.165) is 0 Å². The fourth-order valence-corrected chi connectivity index (χ4v) is 1.57. The van der Waals surface area contributed by atoms with Crippen molar-refractivity contribution in [3.8, 4) is 0 Å². The number of rotatable bonds is 1. The Morgan fingerprint density at radius 1 is 1.21 bits per heavy atom. The van der Waals surface area contributed by atoms with Crippen LogP contribution < -0.4 is 0 Å². The van der Waals surface area contributed by atoms with Gasteiger partial charge in [0.25, 0.3) is 10.1 Å². The molecule has 0 aliphatic rings. The summed E-state index contributed by atoms with van der Waals surface area (Å²) in [6, 6.07) is 6.27. The molecule has 0 unspecified atom stereocenters. The molecule has 0 spiro atoms. The molecule has 0 aliphatic carbocycles. The fraction of sp³-hybridized carbons (Fsp3) is 0.400. The van der Waals surface area contributed by atoms with Crippen molar-refractivity contribution in [2.45, 2.75) is 32.1 Å². The van der Waals surface area contributed by atoms with E-state index < -0.39 is 10.1 Å². The Morgan fingerprint density at radius 3 is 1.93 bits per heavy atom. The lowest BCUT2D eigenvalue weighted by atomic mass is 10.2. The van der Waals surface area contributed by atoms with Gasteiger partial charge in [-0.3, -0.25) is 4.55 Å². The molecule has 0 aliphatic heterocycles. The molecule has 80 valence electrons. The number of aryl methyl sites for hydroxylation is 1. The molecule has 1 rings (SSSR count). The summed E-state index contributed by atoms with van der Waals surface area (Å²) in [4.78, 5) is -0.0278. The third kappa shape index (κ3) is 4.39. The van der Waals surface area contributed by atoms with Crippen molar-refractivity contribution in [2.24, 2.45) is 0 Å². The summed E-state index contributed by atoms with van der Waals surface area (Å²) in [5.74, 6) is 0. The van der Waals surface area contributed by atoms with Crippen molar-refractivity contribution in [3.63, 3.8) is 0 Å². The van der Waals surface area contributed by atoms with E-state index in [1.807, 2.05) is 0 Å². The highest BCUT2D eigenvalue weighted by atomic mass is 32.2. The molecule has 0 saturated carbocycles. The Labute approximate surface area is 85.5 Å². The van der Waals surface area contributed by atoms with E-state index in [4.69, 9.17) is 4.55 Å². The number of hydrogen-bond acceptors (Lipinski definition) is 2. The summed E-state index contributed by atoms with van der Waals surface area (Å²) >= 11 is 0. The molecule has 0 saturated heterocycles.